The summed E-state index contributed by atoms with van der Waals surface area (Å²) in [6.07, 6.45) is -0.877. The van der Waals surface area contributed by atoms with Gasteiger partial charge in [-0.25, -0.2) is 19.2 Å². The van der Waals surface area contributed by atoms with Crippen LogP contribution in [0.5, 0.6) is 0 Å². The highest BCUT2D eigenvalue weighted by atomic mass is 16.6. The summed E-state index contributed by atoms with van der Waals surface area (Å²) < 4.78 is 19.9. The minimum atomic E-state index is -1.09. The standard InChI is InChI=1S/C19H31NO7.C8H13NO3/c1-13(2)15(22)25-12-10-9-11-14(21)20(16(23)26-18(3,4)5)17(24)27-19(6,7)8;1-6(2)8(11)12-5-3-4-7(9)10/h1,9-12H2,2-8H3;1,3-5H2,2H3,(H2,9,10). The van der Waals surface area contributed by atoms with Crippen LogP contribution in [0.2, 0.25) is 0 Å². The minimum absolute atomic E-state index is 0.108. The highest BCUT2D eigenvalue weighted by Gasteiger charge is 2.35. The third kappa shape index (κ3) is 21.0. The SMILES string of the molecule is C=C(C)C(=O)OCCCC(N)=O.C=C(C)C(=O)OCCCCC(=O)N(C(=O)OC(C)(C)C)C(=O)OC(C)(C)C. The monoisotopic (exact) mass is 556 g/mol. The zero-order valence-electron chi connectivity index (χ0n) is 24.5. The van der Waals surface area contributed by atoms with Gasteiger partial charge < -0.3 is 24.7 Å². The largest absolute Gasteiger partial charge is 0.462 e. The molecule has 4 amide bonds. The molecule has 0 aliphatic rings. The van der Waals surface area contributed by atoms with Crippen molar-refractivity contribution in [3.8, 4) is 0 Å². The van der Waals surface area contributed by atoms with Gasteiger partial charge in [0.05, 0.1) is 13.2 Å². The number of rotatable bonds is 11. The molecule has 0 atom stereocenters. The van der Waals surface area contributed by atoms with Crippen LogP contribution >= 0.6 is 0 Å². The van der Waals surface area contributed by atoms with Crippen LogP contribution < -0.4 is 5.73 Å². The van der Waals surface area contributed by atoms with Gasteiger partial charge in [0.25, 0.3) is 0 Å². The second-order valence-electron chi connectivity index (χ2n) is 10.5. The number of ether oxygens (including phenoxy) is 4. The van der Waals surface area contributed by atoms with Crippen LogP contribution in [-0.4, -0.2) is 65.3 Å². The summed E-state index contributed by atoms with van der Waals surface area (Å²) in [7, 11) is 0. The van der Waals surface area contributed by atoms with Crippen LogP contribution in [0.25, 0.3) is 0 Å². The summed E-state index contributed by atoms with van der Waals surface area (Å²) in [6, 6.07) is 0. The van der Waals surface area contributed by atoms with Crippen molar-refractivity contribution in [2.75, 3.05) is 13.2 Å². The van der Waals surface area contributed by atoms with Gasteiger partial charge in [0.2, 0.25) is 11.8 Å². The molecule has 0 saturated heterocycles. The van der Waals surface area contributed by atoms with Crippen molar-refractivity contribution in [1.29, 1.82) is 0 Å². The third-order valence-electron chi connectivity index (χ3n) is 3.92. The summed E-state index contributed by atoms with van der Waals surface area (Å²) in [5, 5.41) is 0. The Balaban J connectivity index is 0. The van der Waals surface area contributed by atoms with Gasteiger partial charge in [-0.2, -0.15) is 0 Å². The van der Waals surface area contributed by atoms with E-state index in [1.165, 1.54) is 6.92 Å². The molecule has 0 aliphatic heterocycles. The Hall–Kier alpha value is -3.70. The van der Waals surface area contributed by atoms with Gasteiger partial charge in [0.1, 0.15) is 11.2 Å². The number of carbonyl (C=O) groups excluding carboxylic acids is 6. The lowest BCUT2D eigenvalue weighted by Gasteiger charge is -2.27. The lowest BCUT2D eigenvalue weighted by atomic mass is 10.2. The highest BCUT2D eigenvalue weighted by Crippen LogP contribution is 2.16. The van der Waals surface area contributed by atoms with Crippen LogP contribution in [0.4, 0.5) is 9.59 Å². The number of unbranched alkanes of at least 4 members (excludes halogenated alkanes) is 1. The number of esters is 2. The Morgan fingerprint density at radius 2 is 1.05 bits per heavy atom. The first-order valence-corrected chi connectivity index (χ1v) is 12.4. The Kier molecular flexibility index (Phi) is 17.0. The van der Waals surface area contributed by atoms with E-state index in [4.69, 9.17) is 24.7 Å². The molecule has 222 valence electrons. The Morgan fingerprint density at radius 3 is 1.38 bits per heavy atom. The molecule has 12 heteroatoms. The maximum Gasteiger partial charge on any atom is 0.426 e. The summed E-state index contributed by atoms with van der Waals surface area (Å²) in [6.45, 7) is 20.0. The Labute approximate surface area is 230 Å². The molecule has 39 heavy (non-hydrogen) atoms. The van der Waals surface area contributed by atoms with E-state index < -0.39 is 41.2 Å². The molecule has 0 rings (SSSR count). The maximum atomic E-state index is 12.4. The minimum Gasteiger partial charge on any atom is -0.462 e. The quantitative estimate of drug-likeness (QED) is 0.167. The van der Waals surface area contributed by atoms with Crippen molar-refractivity contribution < 1.29 is 47.7 Å². The molecular formula is C27H44N2O10. The van der Waals surface area contributed by atoms with Crippen LogP contribution in [0.1, 0.15) is 87.5 Å². The first-order chi connectivity index (χ1) is 17.7. The molecule has 12 nitrogen and oxygen atoms in total. The van der Waals surface area contributed by atoms with Crippen molar-refractivity contribution in [2.24, 2.45) is 5.73 Å². The fourth-order valence-electron chi connectivity index (χ4n) is 2.21. The number of carbonyl (C=O) groups is 6. The number of primary amides is 1. The van der Waals surface area contributed by atoms with Gasteiger partial charge >= 0.3 is 24.1 Å². The van der Waals surface area contributed by atoms with Crippen molar-refractivity contribution in [3.05, 3.63) is 24.3 Å². The van der Waals surface area contributed by atoms with Gasteiger partial charge in [-0.05, 0) is 74.7 Å². The zero-order chi connectivity index (χ0) is 31.0. The molecule has 0 aromatic rings. The number of hydrogen-bond donors (Lipinski definition) is 1. The zero-order valence-corrected chi connectivity index (χ0v) is 24.5. The Bertz CT molecular complexity index is 883. The fraction of sp³-hybridized carbons (Fsp3) is 0.630. The summed E-state index contributed by atoms with van der Waals surface area (Å²) >= 11 is 0. The van der Waals surface area contributed by atoms with Crippen molar-refractivity contribution in [2.45, 2.75) is 98.7 Å². The van der Waals surface area contributed by atoms with Gasteiger partial charge in [-0.15, -0.1) is 4.90 Å². The van der Waals surface area contributed by atoms with E-state index in [1.807, 2.05) is 0 Å². The maximum absolute atomic E-state index is 12.4. The predicted octanol–water partition coefficient (Wildman–Crippen LogP) is 4.35. The van der Waals surface area contributed by atoms with E-state index in [9.17, 15) is 28.8 Å². The molecule has 0 heterocycles. The average molecular weight is 557 g/mol. The van der Waals surface area contributed by atoms with Crippen LogP contribution in [0, 0.1) is 0 Å². The number of hydrogen-bond acceptors (Lipinski definition) is 10. The average Bonchev–Trinajstić information content (AvgIpc) is 2.73. The number of imide groups is 3. The molecule has 0 bridgehead atoms. The molecule has 0 aromatic heterocycles. The first-order valence-electron chi connectivity index (χ1n) is 12.4. The second kappa shape index (κ2) is 17.7. The molecule has 0 radical (unpaired) electrons. The molecule has 0 aliphatic carbocycles. The lowest BCUT2D eigenvalue weighted by molar-refractivity contribution is -0.140. The third-order valence-corrected chi connectivity index (χ3v) is 3.92. The predicted molar refractivity (Wildman–Crippen MR) is 143 cm³/mol. The first kappa shape index (κ1) is 37.5. The molecule has 0 aromatic carbocycles. The molecular weight excluding hydrogens is 512 g/mol. The normalized spacial score (nSPS) is 10.7. The number of amides is 4. The molecule has 0 spiro atoms. The molecule has 0 unspecified atom stereocenters. The van der Waals surface area contributed by atoms with E-state index in [0.717, 1.165) is 0 Å². The number of nitrogens with zero attached hydrogens (tertiary/aromatic N) is 1. The fourth-order valence-corrected chi connectivity index (χ4v) is 2.21. The molecule has 0 saturated carbocycles. The number of nitrogens with two attached hydrogens (primary N) is 1. The van der Waals surface area contributed by atoms with Crippen LogP contribution in [0.15, 0.2) is 24.3 Å². The van der Waals surface area contributed by atoms with Gasteiger partial charge in [0.15, 0.2) is 0 Å². The lowest BCUT2D eigenvalue weighted by Crippen LogP contribution is -2.46. The smallest absolute Gasteiger partial charge is 0.426 e. The summed E-state index contributed by atoms with van der Waals surface area (Å²) in [5.41, 5.74) is 3.75. The van der Waals surface area contributed by atoms with E-state index >= 15 is 0 Å². The van der Waals surface area contributed by atoms with Gasteiger partial charge in [-0.1, -0.05) is 13.2 Å². The van der Waals surface area contributed by atoms with Crippen LogP contribution in [-0.2, 0) is 38.1 Å². The van der Waals surface area contributed by atoms with Crippen LogP contribution in [0.3, 0.4) is 0 Å². The molecule has 2 N–H and O–H groups in total. The van der Waals surface area contributed by atoms with Gasteiger partial charge in [0, 0.05) is 24.0 Å². The topological polar surface area (TPSA) is 169 Å². The van der Waals surface area contributed by atoms with Crippen molar-refractivity contribution in [3.63, 3.8) is 0 Å². The summed E-state index contributed by atoms with van der Waals surface area (Å²) in [5.74, 6) is -2.07. The van der Waals surface area contributed by atoms with Crippen molar-refractivity contribution >= 4 is 35.9 Å². The second-order valence-corrected chi connectivity index (χ2v) is 10.5. The van der Waals surface area contributed by atoms with E-state index in [1.54, 1.807) is 48.5 Å². The van der Waals surface area contributed by atoms with E-state index in [2.05, 4.69) is 13.2 Å². The molecule has 0 fully saturated rings. The summed E-state index contributed by atoms with van der Waals surface area (Å²) in [4.78, 5) is 69.6. The Morgan fingerprint density at radius 1 is 0.667 bits per heavy atom. The highest BCUT2D eigenvalue weighted by molar-refractivity contribution is 6.06. The van der Waals surface area contributed by atoms with Gasteiger partial charge in [-0.3, -0.25) is 9.59 Å². The van der Waals surface area contributed by atoms with E-state index in [0.29, 0.717) is 29.7 Å². The van der Waals surface area contributed by atoms with Crippen molar-refractivity contribution in [1.82, 2.24) is 4.90 Å². The van der Waals surface area contributed by atoms with E-state index in [-0.39, 0.29) is 37.5 Å².